The Labute approximate surface area is 170 Å². The summed E-state index contributed by atoms with van der Waals surface area (Å²) in [6.07, 6.45) is 3.63. The van der Waals surface area contributed by atoms with Crippen molar-refractivity contribution in [1.29, 1.82) is 0 Å². The highest BCUT2D eigenvalue weighted by molar-refractivity contribution is 7.98. The zero-order chi connectivity index (χ0) is 20.1. The zero-order valence-corrected chi connectivity index (χ0v) is 17.8. The molecule has 0 amide bonds. The Hall–Kier alpha value is -2.18. The molecule has 2 aromatic heterocycles. The van der Waals surface area contributed by atoms with E-state index in [-0.39, 0.29) is 5.56 Å². The van der Waals surface area contributed by atoms with Crippen molar-refractivity contribution in [3.05, 3.63) is 64.7 Å². The minimum atomic E-state index is 0.0340. The number of thioether (sulfide) groups is 1. The fourth-order valence-corrected chi connectivity index (χ4v) is 4.37. The molecule has 0 atom stereocenters. The predicted octanol–water partition coefficient (Wildman–Crippen LogP) is 4.20. The Kier molecular flexibility index (Phi) is 6.86. The van der Waals surface area contributed by atoms with E-state index in [0.29, 0.717) is 24.0 Å². The molecule has 0 N–H and O–H groups in total. The van der Waals surface area contributed by atoms with E-state index < -0.39 is 0 Å². The first kappa shape index (κ1) is 20.6. The van der Waals surface area contributed by atoms with Crippen LogP contribution in [0, 0.1) is 0 Å². The average molecular weight is 397 g/mol. The lowest BCUT2D eigenvalue weighted by molar-refractivity contribution is 0.166. The van der Waals surface area contributed by atoms with Crippen molar-refractivity contribution < 1.29 is 0 Å². The highest BCUT2D eigenvalue weighted by Crippen LogP contribution is 2.22. The molecule has 6 heteroatoms. The summed E-state index contributed by atoms with van der Waals surface area (Å²) >= 11 is 1.59. The maximum atomic E-state index is 13.2. The second-order valence-electron chi connectivity index (χ2n) is 7.44. The number of para-hydroxylation sites is 1. The van der Waals surface area contributed by atoms with Crippen LogP contribution in [-0.2, 0) is 12.3 Å². The summed E-state index contributed by atoms with van der Waals surface area (Å²) < 4.78 is 1.83. The normalized spacial score (nSPS) is 11.8. The van der Waals surface area contributed by atoms with Gasteiger partial charge in [0.25, 0.3) is 5.56 Å². The molecule has 0 bridgehead atoms. The lowest BCUT2D eigenvalue weighted by atomic mass is 10.2. The van der Waals surface area contributed by atoms with Crippen LogP contribution in [0.2, 0.25) is 0 Å². The molecule has 28 heavy (non-hydrogen) atoms. The fraction of sp³-hybridized carbons (Fsp3) is 0.409. The number of benzene rings is 1. The first-order chi connectivity index (χ1) is 13.5. The van der Waals surface area contributed by atoms with Gasteiger partial charge in [-0.2, -0.15) is 0 Å². The fourth-order valence-electron chi connectivity index (χ4n) is 3.41. The van der Waals surface area contributed by atoms with Gasteiger partial charge >= 0.3 is 0 Å². The topological polar surface area (TPSA) is 51.0 Å². The lowest BCUT2D eigenvalue weighted by Crippen LogP contribution is -2.40. The molecule has 3 aromatic rings. The van der Waals surface area contributed by atoms with Crippen LogP contribution in [0.3, 0.4) is 0 Å². The van der Waals surface area contributed by atoms with Gasteiger partial charge < -0.3 is 0 Å². The Bertz CT molecular complexity index is 961. The largest absolute Gasteiger partial charge is 0.297 e. The molecule has 0 spiro atoms. The average Bonchev–Trinajstić information content (AvgIpc) is 2.68. The molecule has 5 nitrogen and oxygen atoms in total. The highest BCUT2D eigenvalue weighted by atomic mass is 32.2. The van der Waals surface area contributed by atoms with Crippen molar-refractivity contribution in [2.75, 3.05) is 6.54 Å². The van der Waals surface area contributed by atoms with Crippen molar-refractivity contribution in [1.82, 2.24) is 19.4 Å². The van der Waals surface area contributed by atoms with Gasteiger partial charge in [-0.05, 0) is 51.5 Å². The molecule has 0 fully saturated rings. The second kappa shape index (κ2) is 9.34. The number of nitrogens with zero attached hydrogens (tertiary/aromatic N) is 4. The van der Waals surface area contributed by atoms with Crippen LogP contribution in [0.1, 0.15) is 33.3 Å². The van der Waals surface area contributed by atoms with Crippen LogP contribution in [0.5, 0.6) is 0 Å². The second-order valence-corrected chi connectivity index (χ2v) is 8.39. The molecule has 0 unspecified atom stereocenters. The Balaban J connectivity index is 1.93. The van der Waals surface area contributed by atoms with Crippen molar-refractivity contribution in [3.63, 3.8) is 0 Å². The van der Waals surface area contributed by atoms with E-state index >= 15 is 0 Å². The first-order valence-corrected chi connectivity index (χ1v) is 10.7. The summed E-state index contributed by atoms with van der Waals surface area (Å²) in [6.45, 7) is 10.2. The van der Waals surface area contributed by atoms with Gasteiger partial charge in [0.2, 0.25) is 0 Å². The van der Waals surface area contributed by atoms with Crippen molar-refractivity contribution >= 4 is 22.7 Å². The quantitative estimate of drug-likeness (QED) is 0.422. The molecule has 1 aromatic carbocycles. The number of pyridine rings is 1. The van der Waals surface area contributed by atoms with Gasteiger partial charge in [-0.1, -0.05) is 30.0 Å². The molecular weight excluding hydrogens is 368 g/mol. The van der Waals surface area contributed by atoms with Crippen LogP contribution in [0.25, 0.3) is 10.9 Å². The lowest BCUT2D eigenvalue weighted by Gasteiger charge is -2.30. The van der Waals surface area contributed by atoms with Crippen LogP contribution >= 0.6 is 11.8 Å². The minimum absolute atomic E-state index is 0.0340. The summed E-state index contributed by atoms with van der Waals surface area (Å²) in [7, 11) is 0. The van der Waals surface area contributed by atoms with Crippen LogP contribution in [0.4, 0.5) is 0 Å². The Morgan fingerprint density at radius 1 is 1.07 bits per heavy atom. The molecule has 0 radical (unpaired) electrons. The van der Waals surface area contributed by atoms with Gasteiger partial charge in [-0.15, -0.1) is 0 Å². The van der Waals surface area contributed by atoms with E-state index in [1.54, 1.807) is 18.0 Å². The van der Waals surface area contributed by atoms with E-state index in [4.69, 9.17) is 4.98 Å². The maximum Gasteiger partial charge on any atom is 0.262 e. The van der Waals surface area contributed by atoms with Crippen LogP contribution < -0.4 is 5.56 Å². The van der Waals surface area contributed by atoms with E-state index in [2.05, 4.69) is 37.6 Å². The van der Waals surface area contributed by atoms with Gasteiger partial charge in [0, 0.05) is 43.3 Å². The standard InChI is InChI=1S/C22H28N4OS/c1-16(2)25(17(3)4)12-13-26-21(27)19-9-5-6-10-20(19)24-22(26)28-15-18-8-7-11-23-14-18/h5-11,14,16-17H,12-13,15H2,1-4H3. The van der Waals surface area contributed by atoms with Gasteiger partial charge in [0.1, 0.15) is 0 Å². The molecule has 0 aliphatic rings. The molecule has 3 rings (SSSR count). The maximum absolute atomic E-state index is 13.2. The summed E-state index contributed by atoms with van der Waals surface area (Å²) in [6, 6.07) is 12.4. The monoisotopic (exact) mass is 396 g/mol. The minimum Gasteiger partial charge on any atom is -0.297 e. The van der Waals surface area contributed by atoms with Crippen LogP contribution in [0.15, 0.2) is 58.7 Å². The Morgan fingerprint density at radius 2 is 1.82 bits per heavy atom. The number of hydrogen-bond donors (Lipinski definition) is 0. The third kappa shape index (κ3) is 4.80. The van der Waals surface area contributed by atoms with Crippen LogP contribution in [-0.4, -0.2) is 38.1 Å². The highest BCUT2D eigenvalue weighted by Gasteiger charge is 2.16. The number of aromatic nitrogens is 3. The van der Waals surface area contributed by atoms with Gasteiger partial charge in [-0.3, -0.25) is 19.2 Å². The molecule has 0 saturated heterocycles. The summed E-state index contributed by atoms with van der Waals surface area (Å²) in [5.41, 5.74) is 1.90. The van der Waals surface area contributed by atoms with E-state index in [9.17, 15) is 4.79 Å². The summed E-state index contributed by atoms with van der Waals surface area (Å²) in [4.78, 5) is 24.6. The summed E-state index contributed by atoms with van der Waals surface area (Å²) in [5, 5.41) is 1.44. The molecule has 148 valence electrons. The number of fused-ring (bicyclic) bond motifs is 1. The predicted molar refractivity (Wildman–Crippen MR) is 117 cm³/mol. The molecule has 2 heterocycles. The van der Waals surface area contributed by atoms with E-state index in [1.807, 2.05) is 47.2 Å². The van der Waals surface area contributed by atoms with Crippen molar-refractivity contribution in [2.45, 2.75) is 57.2 Å². The first-order valence-electron chi connectivity index (χ1n) is 9.74. The van der Waals surface area contributed by atoms with Crippen molar-refractivity contribution in [2.24, 2.45) is 0 Å². The zero-order valence-electron chi connectivity index (χ0n) is 17.0. The molecule has 0 aliphatic heterocycles. The SMILES string of the molecule is CC(C)N(CCn1c(SCc2cccnc2)nc2ccccc2c1=O)C(C)C. The third-order valence-corrected chi connectivity index (χ3v) is 5.87. The Morgan fingerprint density at radius 3 is 2.50 bits per heavy atom. The molecule has 0 saturated carbocycles. The molecule has 0 aliphatic carbocycles. The van der Waals surface area contributed by atoms with Crippen molar-refractivity contribution in [3.8, 4) is 0 Å². The smallest absolute Gasteiger partial charge is 0.262 e. The third-order valence-electron chi connectivity index (χ3n) is 4.83. The number of hydrogen-bond acceptors (Lipinski definition) is 5. The number of rotatable bonds is 8. The van der Waals surface area contributed by atoms with E-state index in [0.717, 1.165) is 28.5 Å². The molecular formula is C22H28N4OS. The van der Waals surface area contributed by atoms with Gasteiger partial charge in [0.05, 0.1) is 10.9 Å². The van der Waals surface area contributed by atoms with Gasteiger partial charge in [-0.25, -0.2) is 4.98 Å². The van der Waals surface area contributed by atoms with Gasteiger partial charge in [0.15, 0.2) is 5.16 Å². The summed E-state index contributed by atoms with van der Waals surface area (Å²) in [5.74, 6) is 0.733. The van der Waals surface area contributed by atoms with E-state index in [1.165, 1.54) is 0 Å².